The molecule has 0 radical (unpaired) electrons. The van der Waals surface area contributed by atoms with Crippen molar-refractivity contribution in [2.75, 3.05) is 5.75 Å². The van der Waals surface area contributed by atoms with Gasteiger partial charge in [0.2, 0.25) is 0 Å². The van der Waals surface area contributed by atoms with E-state index in [1.165, 1.54) is 0 Å². The Balaban J connectivity index is 3.15. The second-order valence-corrected chi connectivity index (χ2v) is 3.57. The Morgan fingerprint density at radius 1 is 1.31 bits per heavy atom. The summed E-state index contributed by atoms with van der Waals surface area (Å²) in [5, 5.41) is 18.7. The summed E-state index contributed by atoms with van der Waals surface area (Å²) in [6.45, 7) is 0. The van der Waals surface area contributed by atoms with Gasteiger partial charge in [-0.15, -0.1) is 0 Å². The lowest BCUT2D eigenvalue weighted by molar-refractivity contribution is 0.0313. The van der Waals surface area contributed by atoms with E-state index in [0.717, 1.165) is 0 Å². The second-order valence-electron chi connectivity index (χ2n) is 3.21. The molecule has 0 aliphatic heterocycles. The van der Waals surface area contributed by atoms with Crippen LogP contribution >= 0.6 is 12.6 Å². The van der Waals surface area contributed by atoms with Crippen molar-refractivity contribution in [1.82, 2.24) is 0 Å². The monoisotopic (exact) mass is 248 g/mol. The lowest BCUT2D eigenvalue weighted by Gasteiger charge is -2.17. The minimum Gasteiger partial charge on any atom is -0.389 e. The standard InChI is InChI=1S/C10H10F2O3S/c11-7-2-6(10(15)9(14)4-16)8(12)1-5(7)3-13/h1-3,9-10,14-16H,4H2. The summed E-state index contributed by atoms with van der Waals surface area (Å²) in [7, 11) is 0. The summed E-state index contributed by atoms with van der Waals surface area (Å²) < 4.78 is 26.5. The summed E-state index contributed by atoms with van der Waals surface area (Å²) in [5.74, 6) is -1.99. The third-order valence-electron chi connectivity index (χ3n) is 2.11. The van der Waals surface area contributed by atoms with E-state index in [-0.39, 0.29) is 12.0 Å². The number of hydrogen-bond acceptors (Lipinski definition) is 4. The van der Waals surface area contributed by atoms with Crippen molar-refractivity contribution in [3.05, 3.63) is 34.9 Å². The number of rotatable bonds is 4. The fourth-order valence-electron chi connectivity index (χ4n) is 1.20. The molecular formula is C10H10F2O3S. The molecular weight excluding hydrogens is 238 g/mol. The number of aliphatic hydroxyl groups excluding tert-OH is 2. The minimum atomic E-state index is -1.58. The number of thiol groups is 1. The van der Waals surface area contributed by atoms with Crippen LogP contribution in [0.2, 0.25) is 0 Å². The zero-order valence-corrected chi connectivity index (χ0v) is 8.99. The Morgan fingerprint density at radius 3 is 2.44 bits per heavy atom. The van der Waals surface area contributed by atoms with Crippen LogP contribution in [0.25, 0.3) is 0 Å². The van der Waals surface area contributed by atoms with Crippen molar-refractivity contribution in [2.24, 2.45) is 0 Å². The average Bonchev–Trinajstić information content (AvgIpc) is 2.29. The van der Waals surface area contributed by atoms with E-state index in [1.54, 1.807) is 0 Å². The van der Waals surface area contributed by atoms with Crippen molar-refractivity contribution in [1.29, 1.82) is 0 Å². The number of aldehydes is 1. The number of benzene rings is 1. The molecule has 2 N–H and O–H groups in total. The predicted molar refractivity (Wildman–Crippen MR) is 56.6 cm³/mol. The van der Waals surface area contributed by atoms with E-state index in [9.17, 15) is 23.8 Å². The van der Waals surface area contributed by atoms with Crippen LogP contribution in [0.5, 0.6) is 0 Å². The fraction of sp³-hybridized carbons (Fsp3) is 0.300. The van der Waals surface area contributed by atoms with Gasteiger partial charge in [-0.25, -0.2) is 8.78 Å². The molecule has 0 heterocycles. The van der Waals surface area contributed by atoms with Gasteiger partial charge < -0.3 is 10.2 Å². The molecule has 0 aliphatic rings. The molecule has 3 nitrogen and oxygen atoms in total. The molecule has 0 bridgehead atoms. The molecule has 0 saturated carbocycles. The number of halogens is 2. The van der Waals surface area contributed by atoms with Gasteiger partial charge in [-0.3, -0.25) is 4.79 Å². The zero-order chi connectivity index (χ0) is 12.3. The van der Waals surface area contributed by atoms with Crippen molar-refractivity contribution in [2.45, 2.75) is 12.2 Å². The molecule has 0 fully saturated rings. The van der Waals surface area contributed by atoms with Gasteiger partial charge in [0.25, 0.3) is 0 Å². The third kappa shape index (κ3) is 2.58. The molecule has 0 aromatic heterocycles. The van der Waals surface area contributed by atoms with E-state index in [2.05, 4.69) is 12.6 Å². The molecule has 0 saturated heterocycles. The third-order valence-corrected chi connectivity index (χ3v) is 2.49. The highest BCUT2D eigenvalue weighted by atomic mass is 32.1. The Bertz CT molecular complexity index is 398. The second kappa shape index (κ2) is 5.38. The quantitative estimate of drug-likeness (QED) is 0.552. The molecule has 1 aromatic rings. The van der Waals surface area contributed by atoms with Gasteiger partial charge in [0, 0.05) is 11.3 Å². The summed E-state index contributed by atoms with van der Waals surface area (Å²) in [6, 6.07) is 1.36. The van der Waals surface area contributed by atoms with Crippen LogP contribution in [0.3, 0.4) is 0 Å². The maximum absolute atomic E-state index is 13.3. The molecule has 2 atom stereocenters. The van der Waals surface area contributed by atoms with Gasteiger partial charge in [-0.2, -0.15) is 12.6 Å². The normalized spacial score (nSPS) is 14.6. The van der Waals surface area contributed by atoms with Gasteiger partial charge >= 0.3 is 0 Å². The maximum Gasteiger partial charge on any atom is 0.153 e. The van der Waals surface area contributed by atoms with Gasteiger partial charge in [-0.1, -0.05) is 0 Å². The van der Waals surface area contributed by atoms with E-state index in [1.807, 2.05) is 0 Å². The topological polar surface area (TPSA) is 57.5 Å². The van der Waals surface area contributed by atoms with Crippen LogP contribution in [0.1, 0.15) is 22.0 Å². The Hall–Kier alpha value is -0.980. The average molecular weight is 248 g/mol. The number of aliphatic hydroxyl groups is 2. The summed E-state index contributed by atoms with van der Waals surface area (Å²) in [4.78, 5) is 10.3. The highest BCUT2D eigenvalue weighted by Gasteiger charge is 2.22. The smallest absolute Gasteiger partial charge is 0.153 e. The largest absolute Gasteiger partial charge is 0.389 e. The maximum atomic E-state index is 13.3. The first-order valence-electron chi connectivity index (χ1n) is 4.42. The van der Waals surface area contributed by atoms with Crippen molar-refractivity contribution >= 4 is 18.9 Å². The molecule has 2 unspecified atom stereocenters. The summed E-state index contributed by atoms with van der Waals surface area (Å²) in [6.07, 6.45) is -2.71. The molecule has 6 heteroatoms. The van der Waals surface area contributed by atoms with Gasteiger partial charge in [0.05, 0.1) is 11.7 Å². The lowest BCUT2D eigenvalue weighted by atomic mass is 10.0. The van der Waals surface area contributed by atoms with Crippen molar-refractivity contribution in [3.8, 4) is 0 Å². The fourth-order valence-corrected chi connectivity index (χ4v) is 1.40. The number of carbonyl (C=O) groups is 1. The Labute approximate surface area is 96.1 Å². The summed E-state index contributed by atoms with van der Waals surface area (Å²) >= 11 is 3.72. The van der Waals surface area contributed by atoms with Crippen molar-refractivity contribution in [3.63, 3.8) is 0 Å². The Morgan fingerprint density at radius 2 is 1.94 bits per heavy atom. The minimum absolute atomic E-state index is 0.0995. The van der Waals surface area contributed by atoms with Crippen molar-refractivity contribution < 1.29 is 23.8 Å². The van der Waals surface area contributed by atoms with E-state index in [0.29, 0.717) is 12.1 Å². The van der Waals surface area contributed by atoms with E-state index in [4.69, 9.17) is 0 Å². The zero-order valence-electron chi connectivity index (χ0n) is 8.10. The number of carbonyl (C=O) groups excluding carboxylic acids is 1. The predicted octanol–water partition coefficient (Wildman–Crippen LogP) is 1.10. The van der Waals surface area contributed by atoms with Crippen LogP contribution < -0.4 is 0 Å². The van der Waals surface area contributed by atoms with E-state index < -0.39 is 35.0 Å². The Kier molecular flexibility index (Phi) is 4.40. The lowest BCUT2D eigenvalue weighted by Crippen LogP contribution is -2.21. The van der Waals surface area contributed by atoms with Crippen LogP contribution in [0.15, 0.2) is 12.1 Å². The molecule has 0 aliphatic carbocycles. The molecule has 1 rings (SSSR count). The summed E-state index contributed by atoms with van der Waals surface area (Å²) in [5.41, 5.74) is -0.835. The molecule has 88 valence electrons. The van der Waals surface area contributed by atoms with Gasteiger partial charge in [0.1, 0.15) is 17.7 Å². The molecule has 1 aromatic carbocycles. The highest BCUT2D eigenvalue weighted by Crippen LogP contribution is 2.23. The molecule has 0 amide bonds. The number of hydrogen-bond donors (Lipinski definition) is 3. The first kappa shape index (κ1) is 13.1. The first-order chi connectivity index (χ1) is 7.51. The van der Waals surface area contributed by atoms with E-state index >= 15 is 0 Å². The van der Waals surface area contributed by atoms with Crippen LogP contribution in [-0.2, 0) is 0 Å². The highest BCUT2D eigenvalue weighted by molar-refractivity contribution is 7.80. The van der Waals surface area contributed by atoms with Crippen LogP contribution in [-0.4, -0.2) is 28.4 Å². The molecule has 0 spiro atoms. The van der Waals surface area contributed by atoms with Crippen LogP contribution in [0.4, 0.5) is 8.78 Å². The van der Waals surface area contributed by atoms with Gasteiger partial charge in [-0.05, 0) is 12.1 Å². The SMILES string of the molecule is O=Cc1cc(F)c(C(O)C(O)CS)cc1F. The molecule has 16 heavy (non-hydrogen) atoms. The van der Waals surface area contributed by atoms with Gasteiger partial charge in [0.15, 0.2) is 6.29 Å². The first-order valence-corrected chi connectivity index (χ1v) is 5.05. The van der Waals surface area contributed by atoms with Crippen LogP contribution in [0, 0.1) is 11.6 Å².